The zero-order valence-corrected chi connectivity index (χ0v) is 14.7. The summed E-state index contributed by atoms with van der Waals surface area (Å²) in [7, 11) is 2.79. The van der Waals surface area contributed by atoms with E-state index in [1.165, 1.54) is 26.4 Å². The second-order valence-electron chi connectivity index (χ2n) is 4.96. The molecule has 0 aliphatic rings. The Kier molecular flexibility index (Phi) is 10.3. The third kappa shape index (κ3) is 8.80. The molecule has 144 valence electrons. The average Bonchev–Trinajstić information content (AvgIpc) is 2.55. The molecule has 1 aromatic carbocycles. The summed E-state index contributed by atoms with van der Waals surface area (Å²) in [6.07, 6.45) is -4.67. The maximum atomic E-state index is 12.2. The fourth-order valence-electron chi connectivity index (χ4n) is 1.84. The number of halogens is 4. The molecule has 3 N–H and O–H groups in total. The Morgan fingerprint density at radius 2 is 1.96 bits per heavy atom. The third-order valence-corrected chi connectivity index (χ3v) is 3.12. The van der Waals surface area contributed by atoms with Crippen molar-refractivity contribution in [3.05, 3.63) is 23.8 Å². The van der Waals surface area contributed by atoms with Gasteiger partial charge in [0, 0.05) is 20.2 Å². The first-order valence-electron chi connectivity index (χ1n) is 7.15. The first-order chi connectivity index (χ1) is 11.3. The first kappa shape index (κ1) is 23.3. The van der Waals surface area contributed by atoms with E-state index in [-0.39, 0.29) is 55.4 Å². The number of carbonyl (C=O) groups is 1. The number of hydrogen-bond donors (Lipinski definition) is 2. The summed E-state index contributed by atoms with van der Waals surface area (Å²) in [4.78, 5) is 11.8. The molecular weight excluding hydrogens is 365 g/mol. The molecule has 1 amide bonds. The maximum absolute atomic E-state index is 12.2. The van der Waals surface area contributed by atoms with Crippen LogP contribution in [0.3, 0.4) is 0 Å². The zero-order valence-electron chi connectivity index (χ0n) is 13.9. The van der Waals surface area contributed by atoms with Crippen LogP contribution in [0.4, 0.5) is 13.2 Å². The van der Waals surface area contributed by atoms with E-state index in [0.29, 0.717) is 5.56 Å². The van der Waals surface area contributed by atoms with Crippen LogP contribution in [0.15, 0.2) is 18.2 Å². The lowest BCUT2D eigenvalue weighted by Crippen LogP contribution is -2.31. The predicted molar refractivity (Wildman–Crippen MR) is 88.1 cm³/mol. The monoisotopic (exact) mass is 386 g/mol. The molecule has 25 heavy (non-hydrogen) atoms. The molecule has 0 spiro atoms. The number of hydrogen-bond acceptors (Lipinski definition) is 5. The number of rotatable bonds is 9. The van der Waals surface area contributed by atoms with Crippen molar-refractivity contribution in [1.82, 2.24) is 5.32 Å². The number of nitrogens with two attached hydrogens (primary N) is 1. The lowest BCUT2D eigenvalue weighted by Gasteiger charge is -2.15. The number of amides is 1. The molecule has 0 bridgehead atoms. The van der Waals surface area contributed by atoms with Crippen LogP contribution in [0, 0.1) is 0 Å². The predicted octanol–water partition coefficient (Wildman–Crippen LogP) is 2.04. The molecule has 0 fully saturated rings. The van der Waals surface area contributed by atoms with E-state index in [4.69, 9.17) is 15.2 Å². The van der Waals surface area contributed by atoms with Crippen molar-refractivity contribution in [2.75, 3.05) is 27.4 Å². The summed E-state index contributed by atoms with van der Waals surface area (Å²) in [6, 6.07) is 4.41. The minimum absolute atomic E-state index is 0. The normalized spacial score (nSPS) is 12.1. The van der Waals surface area contributed by atoms with Gasteiger partial charge in [0.05, 0.1) is 19.6 Å². The molecule has 1 aromatic rings. The molecule has 0 saturated heterocycles. The number of methoxy groups -OCH3 is 2. The van der Waals surface area contributed by atoms with Gasteiger partial charge in [-0.15, -0.1) is 12.4 Å². The van der Waals surface area contributed by atoms with Crippen LogP contribution in [-0.2, 0) is 16.1 Å². The van der Waals surface area contributed by atoms with Crippen LogP contribution < -0.4 is 20.5 Å². The zero-order chi connectivity index (χ0) is 18.2. The Labute approximate surface area is 150 Å². The highest BCUT2D eigenvalue weighted by Gasteiger charge is 2.29. The number of ether oxygens (including phenoxy) is 3. The number of nitrogens with one attached hydrogen (secondary N) is 1. The molecule has 0 aliphatic carbocycles. The van der Waals surface area contributed by atoms with E-state index >= 15 is 0 Å². The van der Waals surface area contributed by atoms with Crippen LogP contribution >= 0.6 is 12.4 Å². The number of carbonyl (C=O) groups excluding carboxylic acids is 1. The molecule has 0 radical (unpaired) electrons. The molecule has 0 aromatic heterocycles. The smallest absolute Gasteiger partial charge is 0.422 e. The highest BCUT2D eigenvalue weighted by atomic mass is 35.5. The quantitative estimate of drug-likeness (QED) is 0.678. The van der Waals surface area contributed by atoms with Crippen molar-refractivity contribution in [3.8, 4) is 11.5 Å². The van der Waals surface area contributed by atoms with E-state index in [1.54, 1.807) is 6.07 Å². The van der Waals surface area contributed by atoms with Crippen molar-refractivity contribution in [2.45, 2.75) is 25.2 Å². The molecule has 1 rings (SSSR count). The van der Waals surface area contributed by atoms with Crippen LogP contribution in [0.2, 0.25) is 0 Å². The summed E-state index contributed by atoms with van der Waals surface area (Å²) in [5.74, 6) is -0.112. The highest BCUT2D eigenvalue weighted by Crippen LogP contribution is 2.29. The molecule has 0 saturated carbocycles. The van der Waals surface area contributed by atoms with E-state index in [2.05, 4.69) is 10.1 Å². The fraction of sp³-hybridized carbons (Fsp3) is 0.533. The van der Waals surface area contributed by atoms with Crippen molar-refractivity contribution in [2.24, 2.45) is 5.73 Å². The van der Waals surface area contributed by atoms with Crippen LogP contribution in [0.5, 0.6) is 11.5 Å². The van der Waals surface area contributed by atoms with Crippen molar-refractivity contribution < 1.29 is 32.2 Å². The number of benzene rings is 1. The standard InChI is InChI=1S/C15H21F3N2O4.ClH/c1-22-11(7-19)6-14(21)20-8-10-3-4-12(13(5-10)23-2)24-9-15(16,17)18;/h3-5,11H,6-9,19H2,1-2H3,(H,20,21);1H. The average molecular weight is 387 g/mol. The van der Waals surface area contributed by atoms with Crippen LogP contribution in [0.1, 0.15) is 12.0 Å². The minimum atomic E-state index is -4.43. The Hall–Kier alpha value is -1.71. The second kappa shape index (κ2) is 11.0. The third-order valence-electron chi connectivity index (χ3n) is 3.12. The lowest BCUT2D eigenvalue weighted by atomic mass is 10.2. The second-order valence-corrected chi connectivity index (χ2v) is 4.96. The van der Waals surface area contributed by atoms with Crippen molar-refractivity contribution >= 4 is 18.3 Å². The Balaban J connectivity index is 0.00000576. The SMILES string of the molecule is COc1cc(CNC(=O)CC(CN)OC)ccc1OCC(F)(F)F.Cl. The molecule has 0 aliphatic heterocycles. The summed E-state index contributed by atoms with van der Waals surface area (Å²) < 4.78 is 51.3. The highest BCUT2D eigenvalue weighted by molar-refractivity contribution is 5.85. The van der Waals surface area contributed by atoms with Gasteiger partial charge in [0.15, 0.2) is 18.1 Å². The van der Waals surface area contributed by atoms with Crippen molar-refractivity contribution in [3.63, 3.8) is 0 Å². The molecule has 6 nitrogen and oxygen atoms in total. The van der Waals surface area contributed by atoms with E-state index < -0.39 is 12.8 Å². The largest absolute Gasteiger partial charge is 0.493 e. The van der Waals surface area contributed by atoms with E-state index in [0.717, 1.165) is 0 Å². The number of alkyl halides is 3. The minimum Gasteiger partial charge on any atom is -0.493 e. The van der Waals surface area contributed by atoms with Gasteiger partial charge in [-0.2, -0.15) is 13.2 Å². The van der Waals surface area contributed by atoms with Gasteiger partial charge in [0.2, 0.25) is 5.91 Å². The van der Waals surface area contributed by atoms with Gasteiger partial charge in [-0.3, -0.25) is 4.79 Å². The summed E-state index contributed by atoms with van der Waals surface area (Å²) in [5, 5.41) is 2.67. The Morgan fingerprint density at radius 3 is 2.48 bits per heavy atom. The molecule has 1 unspecified atom stereocenters. The van der Waals surface area contributed by atoms with Gasteiger partial charge >= 0.3 is 6.18 Å². The molecule has 1 atom stereocenters. The Morgan fingerprint density at radius 1 is 1.28 bits per heavy atom. The molecule has 0 heterocycles. The topological polar surface area (TPSA) is 82.8 Å². The van der Waals surface area contributed by atoms with E-state index in [9.17, 15) is 18.0 Å². The van der Waals surface area contributed by atoms with Gasteiger partial charge in [0.25, 0.3) is 0 Å². The van der Waals surface area contributed by atoms with Gasteiger partial charge in [-0.05, 0) is 17.7 Å². The molecule has 10 heteroatoms. The summed E-state index contributed by atoms with van der Waals surface area (Å²) in [6.45, 7) is -0.990. The Bertz CT molecular complexity index is 540. The van der Waals surface area contributed by atoms with Gasteiger partial charge < -0.3 is 25.3 Å². The molecular formula is C15H22ClF3N2O4. The van der Waals surface area contributed by atoms with Crippen LogP contribution in [-0.4, -0.2) is 45.6 Å². The fourth-order valence-corrected chi connectivity index (χ4v) is 1.84. The van der Waals surface area contributed by atoms with Crippen molar-refractivity contribution in [1.29, 1.82) is 0 Å². The first-order valence-corrected chi connectivity index (χ1v) is 7.15. The van der Waals surface area contributed by atoms with Gasteiger partial charge in [0.1, 0.15) is 0 Å². The summed E-state index contributed by atoms with van der Waals surface area (Å²) >= 11 is 0. The van der Waals surface area contributed by atoms with Gasteiger partial charge in [-0.25, -0.2) is 0 Å². The maximum Gasteiger partial charge on any atom is 0.422 e. The summed E-state index contributed by atoms with van der Waals surface area (Å²) in [5.41, 5.74) is 6.09. The van der Waals surface area contributed by atoms with E-state index in [1.807, 2.05) is 0 Å². The van der Waals surface area contributed by atoms with Crippen LogP contribution in [0.25, 0.3) is 0 Å². The lowest BCUT2D eigenvalue weighted by molar-refractivity contribution is -0.153. The van der Waals surface area contributed by atoms with Gasteiger partial charge in [-0.1, -0.05) is 6.07 Å².